The number of alkyl carbamates (subject to hydrolysis) is 1. The monoisotopic (exact) mass is 731 g/mol. The fraction of sp³-hybridized carbons (Fsp3) is 0.590. The van der Waals surface area contributed by atoms with Gasteiger partial charge in [-0.2, -0.15) is 10.1 Å². The number of aliphatic carboxylic acids is 1. The first kappa shape index (κ1) is 37.9. The minimum absolute atomic E-state index is 0.0257. The van der Waals surface area contributed by atoms with E-state index in [1.54, 1.807) is 20.8 Å². The molecule has 2 fully saturated rings. The Labute approximate surface area is 310 Å². The van der Waals surface area contributed by atoms with E-state index in [0.717, 1.165) is 36.2 Å². The van der Waals surface area contributed by atoms with Crippen molar-refractivity contribution in [3.8, 4) is 11.7 Å². The minimum atomic E-state index is -1.44. The number of allylic oxidation sites excluding steroid dienone is 1. The summed E-state index contributed by atoms with van der Waals surface area (Å²) < 4.78 is 15.9. The molecular formula is C39H53N7O7. The Balaban J connectivity index is 1.34. The standard InChI is InChI=1S/C39H53N7O7/c1-23(2)27-18-19-45(43-27)29-16-13-17-30-32(29)41-36(46(30)24(3)4)52-26-20-31-33(47)42-39(35(49)50)21-25(39)14-11-9-8-10-12-15-28(34(48)44(31)22-26)40-37(51)53-38(5,6)7/h11,13-14,16-19,23-26,28,31H,8-10,12,15,20-22H2,1-7H3,(H,40,51)(H,42,47)(H,49,50). The molecule has 2 aromatic heterocycles. The normalized spacial score (nSPS) is 25.4. The van der Waals surface area contributed by atoms with Crippen molar-refractivity contribution in [2.75, 3.05) is 6.54 Å². The molecule has 3 amide bonds. The van der Waals surface area contributed by atoms with E-state index in [2.05, 4.69) is 24.5 Å². The maximum atomic E-state index is 14.4. The van der Waals surface area contributed by atoms with Crippen molar-refractivity contribution < 1.29 is 33.8 Å². The molecule has 14 nitrogen and oxygen atoms in total. The van der Waals surface area contributed by atoms with Crippen molar-refractivity contribution >= 4 is 34.9 Å². The highest BCUT2D eigenvalue weighted by Gasteiger charge is 2.61. The second-order valence-corrected chi connectivity index (χ2v) is 16.2. The quantitative estimate of drug-likeness (QED) is 0.260. The third-order valence-corrected chi connectivity index (χ3v) is 10.2. The summed E-state index contributed by atoms with van der Waals surface area (Å²) >= 11 is 0. The molecule has 6 rings (SSSR count). The van der Waals surface area contributed by atoms with Crippen molar-refractivity contribution in [3.63, 3.8) is 0 Å². The molecule has 1 saturated carbocycles. The number of carbonyl (C=O) groups excluding carboxylic acids is 3. The predicted octanol–water partition coefficient (Wildman–Crippen LogP) is 5.65. The summed E-state index contributed by atoms with van der Waals surface area (Å²) in [5.74, 6) is -2.24. The zero-order chi connectivity index (χ0) is 38.2. The van der Waals surface area contributed by atoms with Gasteiger partial charge in [0.05, 0.1) is 23.4 Å². The van der Waals surface area contributed by atoms with Gasteiger partial charge in [0.15, 0.2) is 0 Å². The summed E-state index contributed by atoms with van der Waals surface area (Å²) in [6.45, 7) is 13.5. The lowest BCUT2D eigenvalue weighted by Crippen LogP contribution is -2.56. The number of nitrogens with zero attached hydrogens (tertiary/aromatic N) is 5. The van der Waals surface area contributed by atoms with E-state index in [-0.39, 0.29) is 37.3 Å². The van der Waals surface area contributed by atoms with Crippen molar-refractivity contribution in [2.24, 2.45) is 5.92 Å². The molecule has 1 aromatic carbocycles. The zero-order valence-corrected chi connectivity index (χ0v) is 31.8. The zero-order valence-electron chi connectivity index (χ0n) is 31.8. The van der Waals surface area contributed by atoms with Gasteiger partial charge in [-0.05, 0) is 84.4 Å². The predicted molar refractivity (Wildman–Crippen MR) is 198 cm³/mol. The molecule has 3 aliphatic rings. The molecule has 2 aliphatic heterocycles. The lowest BCUT2D eigenvalue weighted by atomic mass is 10.0. The van der Waals surface area contributed by atoms with Crippen molar-refractivity contribution in [3.05, 3.63) is 48.3 Å². The number of benzene rings is 1. The maximum Gasteiger partial charge on any atom is 0.408 e. The second kappa shape index (κ2) is 14.9. The van der Waals surface area contributed by atoms with Gasteiger partial charge < -0.3 is 30.1 Å². The first-order valence-corrected chi connectivity index (χ1v) is 18.8. The molecule has 3 aromatic rings. The van der Waals surface area contributed by atoms with Gasteiger partial charge in [-0.25, -0.2) is 14.3 Å². The van der Waals surface area contributed by atoms with E-state index in [4.69, 9.17) is 19.6 Å². The number of aromatic nitrogens is 4. The van der Waals surface area contributed by atoms with Crippen LogP contribution in [0.4, 0.5) is 4.79 Å². The Kier molecular flexibility index (Phi) is 10.6. The number of carboxylic acid groups (broad SMARTS) is 1. The van der Waals surface area contributed by atoms with Gasteiger partial charge in [-0.1, -0.05) is 44.9 Å². The first-order valence-electron chi connectivity index (χ1n) is 18.8. The number of rotatable bonds is 7. The Hall–Kier alpha value is -4.88. The Morgan fingerprint density at radius 1 is 1.09 bits per heavy atom. The second-order valence-electron chi connectivity index (χ2n) is 16.2. The van der Waals surface area contributed by atoms with Gasteiger partial charge in [0.2, 0.25) is 11.8 Å². The molecule has 0 radical (unpaired) electrons. The van der Waals surface area contributed by atoms with E-state index in [0.29, 0.717) is 24.4 Å². The van der Waals surface area contributed by atoms with Crippen LogP contribution in [0, 0.1) is 5.92 Å². The fourth-order valence-corrected chi connectivity index (χ4v) is 7.37. The van der Waals surface area contributed by atoms with Gasteiger partial charge in [0.1, 0.15) is 34.8 Å². The van der Waals surface area contributed by atoms with E-state index < -0.39 is 53.2 Å². The third-order valence-electron chi connectivity index (χ3n) is 10.2. The summed E-state index contributed by atoms with van der Waals surface area (Å²) in [5.41, 5.74) is 1.05. The Bertz CT molecular complexity index is 1890. The van der Waals surface area contributed by atoms with Crippen molar-refractivity contribution in [2.45, 2.75) is 135 Å². The number of carbonyl (C=O) groups is 4. The van der Waals surface area contributed by atoms with Crippen LogP contribution in [-0.4, -0.2) is 89.1 Å². The minimum Gasteiger partial charge on any atom is -0.479 e. The van der Waals surface area contributed by atoms with Crippen LogP contribution in [0.25, 0.3) is 16.7 Å². The Morgan fingerprint density at radius 2 is 1.87 bits per heavy atom. The molecule has 14 heteroatoms. The summed E-state index contributed by atoms with van der Waals surface area (Å²) in [6, 6.07) is 6.13. The number of carboxylic acids is 1. The molecule has 5 unspecified atom stereocenters. The molecule has 0 bridgehead atoms. The summed E-state index contributed by atoms with van der Waals surface area (Å²) in [6.07, 6.45) is 8.11. The Morgan fingerprint density at radius 3 is 2.55 bits per heavy atom. The van der Waals surface area contributed by atoms with Gasteiger partial charge in [-0.3, -0.25) is 14.2 Å². The van der Waals surface area contributed by atoms with Crippen LogP contribution in [0.5, 0.6) is 6.01 Å². The third kappa shape index (κ3) is 8.06. The number of ether oxygens (including phenoxy) is 2. The fourth-order valence-electron chi connectivity index (χ4n) is 7.37. The molecule has 286 valence electrons. The molecule has 1 saturated heterocycles. The highest BCUT2D eigenvalue weighted by Crippen LogP contribution is 2.45. The SMILES string of the molecule is CC(C)c1ccn(-c2cccc3c2nc(OC2CC4C(=O)NC5(C(=O)O)CC5C=CCCCCCC(NC(=O)OC(C)(C)C)C(=O)N4C2)n3C(C)C)n1. The molecule has 3 N–H and O–H groups in total. The van der Waals surface area contributed by atoms with Gasteiger partial charge in [0.25, 0.3) is 6.01 Å². The number of fused-ring (bicyclic) bond motifs is 3. The van der Waals surface area contributed by atoms with Gasteiger partial charge in [0, 0.05) is 24.6 Å². The smallest absolute Gasteiger partial charge is 0.408 e. The van der Waals surface area contributed by atoms with E-state index in [1.165, 1.54) is 4.90 Å². The number of amides is 3. The molecule has 0 spiro atoms. The summed E-state index contributed by atoms with van der Waals surface area (Å²) in [5, 5.41) is 20.6. The molecule has 4 heterocycles. The van der Waals surface area contributed by atoms with Crippen LogP contribution in [0.15, 0.2) is 42.6 Å². The van der Waals surface area contributed by atoms with E-state index in [1.807, 2.05) is 65.7 Å². The molecule has 5 atom stereocenters. The van der Waals surface area contributed by atoms with Crippen molar-refractivity contribution in [1.29, 1.82) is 0 Å². The topological polar surface area (TPSA) is 170 Å². The summed E-state index contributed by atoms with van der Waals surface area (Å²) in [4.78, 5) is 60.4. The highest BCUT2D eigenvalue weighted by molar-refractivity contribution is 5.96. The van der Waals surface area contributed by atoms with Gasteiger partial charge in [-0.15, -0.1) is 0 Å². The summed E-state index contributed by atoms with van der Waals surface area (Å²) in [7, 11) is 0. The van der Waals surface area contributed by atoms with Crippen LogP contribution in [0.2, 0.25) is 0 Å². The number of nitrogens with one attached hydrogen (secondary N) is 2. The number of hydrogen-bond donors (Lipinski definition) is 3. The van der Waals surface area contributed by atoms with Crippen LogP contribution in [-0.2, 0) is 19.1 Å². The van der Waals surface area contributed by atoms with Crippen LogP contribution in [0.1, 0.15) is 111 Å². The van der Waals surface area contributed by atoms with Gasteiger partial charge >= 0.3 is 12.1 Å². The first-order chi connectivity index (χ1) is 25.1. The molecular weight excluding hydrogens is 678 g/mol. The van der Waals surface area contributed by atoms with Crippen LogP contribution < -0.4 is 15.4 Å². The molecule has 1 aliphatic carbocycles. The maximum absolute atomic E-state index is 14.4. The average Bonchev–Trinajstić information content (AvgIpc) is 3.44. The van der Waals surface area contributed by atoms with E-state index >= 15 is 0 Å². The van der Waals surface area contributed by atoms with Crippen molar-refractivity contribution in [1.82, 2.24) is 34.9 Å². The number of imidazole rings is 1. The number of para-hydroxylation sites is 1. The largest absolute Gasteiger partial charge is 0.479 e. The van der Waals surface area contributed by atoms with E-state index in [9.17, 15) is 24.3 Å². The average molecular weight is 732 g/mol. The van der Waals surface area contributed by atoms with Crippen LogP contribution in [0.3, 0.4) is 0 Å². The molecule has 53 heavy (non-hydrogen) atoms. The lowest BCUT2D eigenvalue weighted by Gasteiger charge is -2.30. The highest BCUT2D eigenvalue weighted by atomic mass is 16.6. The number of hydrogen-bond acceptors (Lipinski definition) is 8. The van der Waals surface area contributed by atoms with Crippen LogP contribution >= 0.6 is 0 Å². The lowest BCUT2D eigenvalue weighted by molar-refractivity contribution is -0.145.